The van der Waals surface area contributed by atoms with E-state index in [9.17, 15) is 4.79 Å². The van der Waals surface area contributed by atoms with Crippen LogP contribution in [0.1, 0.15) is 16.1 Å². The monoisotopic (exact) mass is 229 g/mol. The molecule has 0 radical (unpaired) electrons. The molecule has 2 rings (SSSR count). The third-order valence-corrected chi connectivity index (χ3v) is 2.40. The highest BCUT2D eigenvalue weighted by Gasteiger charge is 2.12. The number of ketones is 1. The Morgan fingerprint density at radius 2 is 2.06 bits per heavy atom. The highest BCUT2D eigenvalue weighted by molar-refractivity contribution is 5.94. The molecule has 2 aromatic rings. The predicted molar refractivity (Wildman–Crippen MR) is 61.1 cm³/mol. The first kappa shape index (κ1) is 11.4. The van der Waals surface area contributed by atoms with Crippen LogP contribution in [0.2, 0.25) is 0 Å². The van der Waals surface area contributed by atoms with Gasteiger partial charge >= 0.3 is 0 Å². The van der Waals surface area contributed by atoms with Crippen LogP contribution in [0.5, 0.6) is 0 Å². The third kappa shape index (κ3) is 2.95. The van der Waals surface area contributed by atoms with Gasteiger partial charge in [0.2, 0.25) is 12.3 Å². The largest absolute Gasteiger partial charge is 0.390 e. The molecule has 0 unspecified atom stereocenters. The van der Waals surface area contributed by atoms with Crippen LogP contribution in [-0.4, -0.2) is 15.9 Å². The predicted octanol–water partition coefficient (Wildman–Crippen LogP) is 0.744. The number of aliphatic hydroxyl groups is 1. The lowest BCUT2D eigenvalue weighted by molar-refractivity contribution is -0.684. The van der Waals surface area contributed by atoms with E-state index in [0.717, 1.165) is 0 Å². The van der Waals surface area contributed by atoms with Crippen LogP contribution in [0, 0.1) is 0 Å². The molecule has 0 bridgehead atoms. The average molecular weight is 229 g/mol. The Labute approximate surface area is 99.2 Å². The van der Waals surface area contributed by atoms with Gasteiger partial charge in [-0.05, 0) is 0 Å². The number of carbonyl (C=O) groups excluding carboxylic acids is 1. The Balaban J connectivity index is 2.13. The fraction of sp³-hybridized carbons (Fsp3) is 0.154. The number of hydrogen-bond acceptors (Lipinski definition) is 3. The molecule has 0 atom stereocenters. The Bertz CT molecular complexity index is 512. The highest BCUT2D eigenvalue weighted by Crippen LogP contribution is 1.99. The molecule has 0 aliphatic rings. The van der Waals surface area contributed by atoms with Gasteiger partial charge in [-0.25, -0.2) is 4.98 Å². The first-order valence-electron chi connectivity index (χ1n) is 5.32. The summed E-state index contributed by atoms with van der Waals surface area (Å²) in [6.45, 7) is 0.125. The number of carbonyl (C=O) groups is 1. The van der Waals surface area contributed by atoms with E-state index in [1.807, 2.05) is 18.2 Å². The average Bonchev–Trinajstić information content (AvgIpc) is 2.40. The first-order chi connectivity index (χ1) is 8.29. The molecule has 0 fully saturated rings. The fourth-order valence-corrected chi connectivity index (χ4v) is 1.54. The van der Waals surface area contributed by atoms with Crippen molar-refractivity contribution >= 4 is 5.78 Å². The Kier molecular flexibility index (Phi) is 3.57. The lowest BCUT2D eigenvalue weighted by atomic mass is 10.1. The van der Waals surface area contributed by atoms with Gasteiger partial charge in [0.05, 0.1) is 12.8 Å². The van der Waals surface area contributed by atoms with Crippen molar-refractivity contribution in [1.29, 1.82) is 0 Å². The smallest absolute Gasteiger partial charge is 0.227 e. The minimum absolute atomic E-state index is 0.0330. The van der Waals surface area contributed by atoms with Gasteiger partial charge in [-0.15, -0.1) is 0 Å². The molecule has 4 heteroatoms. The molecule has 1 N–H and O–H groups in total. The van der Waals surface area contributed by atoms with E-state index in [0.29, 0.717) is 11.3 Å². The zero-order valence-electron chi connectivity index (χ0n) is 9.28. The molecule has 4 nitrogen and oxygen atoms in total. The van der Waals surface area contributed by atoms with Gasteiger partial charge < -0.3 is 5.11 Å². The maximum absolute atomic E-state index is 11.9. The molecule has 1 aromatic carbocycles. The molecule has 17 heavy (non-hydrogen) atoms. The normalized spacial score (nSPS) is 10.2. The van der Waals surface area contributed by atoms with E-state index < -0.39 is 0 Å². The van der Waals surface area contributed by atoms with Crippen molar-refractivity contribution in [1.82, 2.24) is 4.98 Å². The van der Waals surface area contributed by atoms with Gasteiger partial charge in [0, 0.05) is 5.56 Å². The second kappa shape index (κ2) is 5.32. The summed E-state index contributed by atoms with van der Waals surface area (Å²) in [5.41, 5.74) is 1.23. The summed E-state index contributed by atoms with van der Waals surface area (Å²) in [4.78, 5) is 15.9. The van der Waals surface area contributed by atoms with Gasteiger partial charge in [-0.2, -0.15) is 4.57 Å². The fourth-order valence-electron chi connectivity index (χ4n) is 1.54. The second-order valence-electron chi connectivity index (χ2n) is 3.67. The third-order valence-electron chi connectivity index (χ3n) is 2.40. The number of nitrogens with zero attached hydrogens (tertiary/aromatic N) is 2. The number of benzene rings is 1. The Morgan fingerprint density at radius 3 is 2.76 bits per heavy atom. The zero-order chi connectivity index (χ0) is 12.1. The van der Waals surface area contributed by atoms with Crippen molar-refractivity contribution < 1.29 is 14.5 Å². The maximum Gasteiger partial charge on any atom is 0.227 e. The summed E-state index contributed by atoms with van der Waals surface area (Å²) in [5.74, 6) is 0.0330. The summed E-state index contributed by atoms with van der Waals surface area (Å²) in [6, 6.07) is 9.13. The van der Waals surface area contributed by atoms with Crippen molar-refractivity contribution in [3.05, 3.63) is 60.2 Å². The summed E-state index contributed by atoms with van der Waals surface area (Å²) < 4.78 is 1.72. The van der Waals surface area contributed by atoms with E-state index in [4.69, 9.17) is 5.11 Å². The van der Waals surface area contributed by atoms with Crippen molar-refractivity contribution in [2.24, 2.45) is 0 Å². The van der Waals surface area contributed by atoms with Gasteiger partial charge in [0.15, 0.2) is 12.4 Å². The summed E-state index contributed by atoms with van der Waals surface area (Å²) in [7, 11) is 0. The van der Waals surface area contributed by atoms with Crippen LogP contribution in [0.15, 0.2) is 48.9 Å². The minimum Gasteiger partial charge on any atom is -0.390 e. The summed E-state index contributed by atoms with van der Waals surface area (Å²) >= 11 is 0. The molecule has 0 spiro atoms. The number of Topliss-reactive ketones (excluding diaryl/α,β-unsaturated/α-hetero) is 1. The number of rotatable bonds is 4. The van der Waals surface area contributed by atoms with Crippen molar-refractivity contribution in [3.8, 4) is 0 Å². The molecule has 1 heterocycles. The van der Waals surface area contributed by atoms with Gasteiger partial charge in [-0.3, -0.25) is 4.79 Å². The van der Waals surface area contributed by atoms with Gasteiger partial charge in [-0.1, -0.05) is 30.3 Å². The van der Waals surface area contributed by atoms with Crippen LogP contribution in [0.25, 0.3) is 0 Å². The molecule has 0 aliphatic heterocycles. The molecular weight excluding hydrogens is 216 g/mol. The maximum atomic E-state index is 11.9. The Morgan fingerprint density at radius 1 is 1.29 bits per heavy atom. The number of aromatic nitrogens is 2. The van der Waals surface area contributed by atoms with Crippen LogP contribution in [0.4, 0.5) is 0 Å². The van der Waals surface area contributed by atoms with Crippen LogP contribution < -0.4 is 4.57 Å². The zero-order valence-corrected chi connectivity index (χ0v) is 9.28. The summed E-state index contributed by atoms with van der Waals surface area (Å²) in [5, 5.41) is 8.95. The van der Waals surface area contributed by atoms with E-state index in [1.165, 1.54) is 0 Å². The van der Waals surface area contributed by atoms with Crippen molar-refractivity contribution in [2.45, 2.75) is 13.2 Å². The van der Waals surface area contributed by atoms with E-state index in [2.05, 4.69) is 4.98 Å². The van der Waals surface area contributed by atoms with Crippen LogP contribution >= 0.6 is 0 Å². The molecule has 0 saturated heterocycles. The molecule has 1 aromatic heterocycles. The Hall–Kier alpha value is -2.07. The van der Waals surface area contributed by atoms with E-state index in [1.54, 1.807) is 35.3 Å². The van der Waals surface area contributed by atoms with Gasteiger partial charge in [0.1, 0.15) is 5.69 Å². The highest BCUT2D eigenvalue weighted by atomic mass is 16.3. The SMILES string of the molecule is O=C(C[n+]1ccnc(CO)c1)c1ccccc1. The van der Waals surface area contributed by atoms with Crippen LogP contribution in [0.3, 0.4) is 0 Å². The summed E-state index contributed by atoms with van der Waals surface area (Å²) in [6.07, 6.45) is 4.95. The van der Waals surface area contributed by atoms with Gasteiger partial charge in [0.25, 0.3) is 0 Å². The van der Waals surface area contributed by atoms with Crippen molar-refractivity contribution in [2.75, 3.05) is 0 Å². The van der Waals surface area contributed by atoms with E-state index >= 15 is 0 Å². The number of aliphatic hydroxyl groups excluding tert-OH is 1. The van der Waals surface area contributed by atoms with Crippen LogP contribution in [-0.2, 0) is 13.2 Å². The second-order valence-corrected chi connectivity index (χ2v) is 3.67. The lowest BCUT2D eigenvalue weighted by Gasteiger charge is -1.98. The molecule has 0 aliphatic carbocycles. The quantitative estimate of drug-likeness (QED) is 0.621. The number of hydrogen-bond donors (Lipinski definition) is 1. The minimum atomic E-state index is -0.125. The molecular formula is C13H13N2O2+. The lowest BCUT2D eigenvalue weighted by Crippen LogP contribution is -2.38. The van der Waals surface area contributed by atoms with Crippen molar-refractivity contribution in [3.63, 3.8) is 0 Å². The standard InChI is InChI=1S/C13H13N2O2/c16-10-12-8-15(7-6-14-12)9-13(17)11-4-2-1-3-5-11/h1-8,16H,9-10H2/q+1. The topological polar surface area (TPSA) is 54.1 Å². The first-order valence-corrected chi connectivity index (χ1v) is 5.32. The molecule has 0 amide bonds. The molecule has 0 saturated carbocycles. The molecule has 86 valence electrons. The van der Waals surface area contributed by atoms with E-state index in [-0.39, 0.29) is 18.9 Å².